The number of anilines is 2. The molecule has 1 aromatic heterocycles. The Hall–Kier alpha value is -2.86. The van der Waals surface area contributed by atoms with Crippen LogP contribution >= 0.6 is 11.8 Å². The molecule has 0 spiro atoms. The number of H-pyrrole nitrogens is 1. The summed E-state index contributed by atoms with van der Waals surface area (Å²) >= 11 is 1.26. The molecule has 0 saturated carbocycles. The molecule has 3 rings (SSSR count). The molecule has 0 aliphatic rings. The predicted molar refractivity (Wildman–Crippen MR) is 110 cm³/mol. The van der Waals surface area contributed by atoms with Crippen molar-refractivity contribution in [3.8, 4) is 0 Å². The summed E-state index contributed by atoms with van der Waals surface area (Å²) in [6, 6.07) is 20.5. The molecule has 1 N–H and O–H groups in total. The molecule has 0 bridgehead atoms. The van der Waals surface area contributed by atoms with Gasteiger partial charge in [-0.15, -0.1) is 0 Å². The van der Waals surface area contributed by atoms with Crippen LogP contribution in [0.25, 0.3) is 0 Å². The maximum Gasteiger partial charge on any atom is 0.251 e. The van der Waals surface area contributed by atoms with Crippen molar-refractivity contribution in [2.75, 3.05) is 4.90 Å². The SMILES string of the molecule is CCc1cc(=O)[nH]c(SC(C)C(=O)N(c2ccccc2)c2ccccc2)n1. The number of carbonyl (C=O) groups excluding carboxylic acids is 1. The number of aryl methyl sites for hydroxylation is 1. The van der Waals surface area contributed by atoms with E-state index in [0.29, 0.717) is 17.3 Å². The number of hydrogen-bond donors (Lipinski definition) is 1. The van der Waals surface area contributed by atoms with E-state index in [4.69, 9.17) is 0 Å². The average Bonchev–Trinajstić information content (AvgIpc) is 2.69. The Kier molecular flexibility index (Phi) is 6.08. The van der Waals surface area contributed by atoms with E-state index in [2.05, 4.69) is 9.97 Å². The molecule has 1 unspecified atom stereocenters. The fourth-order valence-electron chi connectivity index (χ4n) is 2.68. The normalized spacial score (nSPS) is 11.8. The van der Waals surface area contributed by atoms with Crippen LogP contribution in [0.2, 0.25) is 0 Å². The lowest BCUT2D eigenvalue weighted by molar-refractivity contribution is -0.117. The van der Waals surface area contributed by atoms with Crippen LogP contribution < -0.4 is 10.5 Å². The fraction of sp³-hybridized carbons (Fsp3) is 0.190. The van der Waals surface area contributed by atoms with Crippen LogP contribution in [0, 0.1) is 0 Å². The maximum atomic E-state index is 13.3. The van der Waals surface area contributed by atoms with Gasteiger partial charge in [0.05, 0.1) is 5.25 Å². The molecule has 3 aromatic rings. The highest BCUT2D eigenvalue weighted by molar-refractivity contribution is 8.00. The summed E-state index contributed by atoms with van der Waals surface area (Å²) in [5, 5.41) is 0.0296. The maximum absolute atomic E-state index is 13.3. The van der Waals surface area contributed by atoms with E-state index in [1.807, 2.05) is 74.5 Å². The zero-order valence-corrected chi connectivity index (χ0v) is 16.1. The van der Waals surface area contributed by atoms with Gasteiger partial charge in [0.1, 0.15) is 0 Å². The third kappa shape index (κ3) is 4.65. The quantitative estimate of drug-likeness (QED) is 0.515. The Balaban J connectivity index is 1.90. The number of hydrogen-bond acceptors (Lipinski definition) is 4. The molecule has 0 fully saturated rings. The highest BCUT2D eigenvalue weighted by Crippen LogP contribution is 2.29. The monoisotopic (exact) mass is 379 g/mol. The number of para-hydroxylation sites is 2. The molecular formula is C21H21N3O2S. The molecule has 1 atom stereocenters. The van der Waals surface area contributed by atoms with Crippen molar-refractivity contribution in [3.63, 3.8) is 0 Å². The molecule has 6 heteroatoms. The molecule has 5 nitrogen and oxygen atoms in total. The van der Waals surface area contributed by atoms with Gasteiger partial charge in [0.25, 0.3) is 5.56 Å². The number of rotatable bonds is 6. The molecule has 2 aromatic carbocycles. The van der Waals surface area contributed by atoms with E-state index >= 15 is 0 Å². The molecule has 0 saturated heterocycles. The Morgan fingerprint density at radius 2 is 1.63 bits per heavy atom. The summed E-state index contributed by atoms with van der Waals surface area (Å²) in [5.74, 6) is -0.0815. The van der Waals surface area contributed by atoms with Crippen LogP contribution in [0.3, 0.4) is 0 Å². The van der Waals surface area contributed by atoms with Crippen molar-refractivity contribution in [1.29, 1.82) is 0 Å². The van der Waals surface area contributed by atoms with Gasteiger partial charge in [0.2, 0.25) is 5.91 Å². The van der Waals surface area contributed by atoms with E-state index in [-0.39, 0.29) is 11.5 Å². The van der Waals surface area contributed by atoms with Crippen LogP contribution in [0.5, 0.6) is 0 Å². The lowest BCUT2D eigenvalue weighted by atomic mass is 10.2. The van der Waals surface area contributed by atoms with Gasteiger partial charge in [0.15, 0.2) is 5.16 Å². The van der Waals surface area contributed by atoms with Gasteiger partial charge >= 0.3 is 0 Å². The molecule has 0 aliphatic heterocycles. The van der Waals surface area contributed by atoms with Gasteiger partial charge in [0, 0.05) is 23.1 Å². The van der Waals surface area contributed by atoms with Gasteiger partial charge in [-0.1, -0.05) is 55.1 Å². The van der Waals surface area contributed by atoms with Crippen LogP contribution in [0.15, 0.2) is 76.7 Å². The van der Waals surface area contributed by atoms with Gasteiger partial charge in [-0.2, -0.15) is 0 Å². The second kappa shape index (κ2) is 8.68. The number of aromatic amines is 1. The first-order valence-electron chi connectivity index (χ1n) is 8.79. The molecule has 0 radical (unpaired) electrons. The second-order valence-electron chi connectivity index (χ2n) is 6.00. The number of aromatic nitrogens is 2. The molecule has 0 aliphatic carbocycles. The third-order valence-electron chi connectivity index (χ3n) is 4.02. The van der Waals surface area contributed by atoms with Gasteiger partial charge < -0.3 is 4.98 Å². The van der Waals surface area contributed by atoms with Crippen LogP contribution in [0.4, 0.5) is 11.4 Å². The number of carbonyl (C=O) groups is 1. The lowest BCUT2D eigenvalue weighted by Crippen LogP contribution is -2.33. The van der Waals surface area contributed by atoms with Gasteiger partial charge in [-0.3, -0.25) is 14.5 Å². The minimum Gasteiger partial charge on any atom is -0.301 e. The summed E-state index contributed by atoms with van der Waals surface area (Å²) in [6.07, 6.45) is 0.667. The van der Waals surface area contributed by atoms with Crippen molar-refractivity contribution in [3.05, 3.63) is 82.8 Å². The predicted octanol–water partition coefficient (Wildman–Crippen LogP) is 4.18. The van der Waals surface area contributed by atoms with E-state index in [1.54, 1.807) is 4.90 Å². The Labute approximate surface area is 162 Å². The standard InChI is InChI=1S/C21H21N3O2S/c1-3-16-14-19(25)23-21(22-16)27-15(2)20(26)24(17-10-6-4-7-11-17)18-12-8-5-9-13-18/h4-15H,3H2,1-2H3,(H,22,23,25). The summed E-state index contributed by atoms with van der Waals surface area (Å²) in [6.45, 7) is 3.77. The zero-order valence-electron chi connectivity index (χ0n) is 15.3. The van der Waals surface area contributed by atoms with Gasteiger partial charge in [-0.25, -0.2) is 4.98 Å². The Bertz CT molecular complexity index is 918. The second-order valence-corrected chi connectivity index (χ2v) is 7.33. The van der Waals surface area contributed by atoms with Crippen molar-refractivity contribution >= 4 is 29.0 Å². The molecule has 1 amide bonds. The van der Waals surface area contributed by atoms with Gasteiger partial charge in [-0.05, 0) is 37.6 Å². The molecule has 138 valence electrons. The van der Waals surface area contributed by atoms with Crippen LogP contribution in [0.1, 0.15) is 19.5 Å². The first kappa shape index (κ1) is 18.9. The van der Waals surface area contributed by atoms with Crippen molar-refractivity contribution in [1.82, 2.24) is 9.97 Å². The summed E-state index contributed by atoms with van der Waals surface area (Å²) in [4.78, 5) is 33.9. The average molecular weight is 379 g/mol. The highest BCUT2D eigenvalue weighted by atomic mass is 32.2. The van der Waals surface area contributed by atoms with Crippen LogP contribution in [-0.2, 0) is 11.2 Å². The Morgan fingerprint density at radius 1 is 1.07 bits per heavy atom. The number of amides is 1. The van der Waals surface area contributed by atoms with Crippen molar-refractivity contribution in [2.24, 2.45) is 0 Å². The first-order valence-corrected chi connectivity index (χ1v) is 9.67. The zero-order chi connectivity index (χ0) is 19.2. The largest absolute Gasteiger partial charge is 0.301 e. The minimum absolute atomic E-state index is 0.0815. The van der Waals surface area contributed by atoms with E-state index in [1.165, 1.54) is 17.8 Å². The van der Waals surface area contributed by atoms with Crippen LogP contribution in [-0.4, -0.2) is 21.1 Å². The van der Waals surface area contributed by atoms with E-state index in [9.17, 15) is 9.59 Å². The highest BCUT2D eigenvalue weighted by Gasteiger charge is 2.25. The summed E-state index contributed by atoms with van der Waals surface area (Å²) < 4.78 is 0. The fourth-order valence-corrected chi connectivity index (χ4v) is 3.55. The number of benzene rings is 2. The number of nitrogens with zero attached hydrogens (tertiary/aromatic N) is 2. The smallest absolute Gasteiger partial charge is 0.251 e. The molecule has 27 heavy (non-hydrogen) atoms. The number of thioether (sulfide) groups is 1. The topological polar surface area (TPSA) is 66.1 Å². The lowest BCUT2D eigenvalue weighted by Gasteiger charge is -2.25. The number of nitrogens with one attached hydrogen (secondary N) is 1. The third-order valence-corrected chi connectivity index (χ3v) is 4.99. The molecular weight excluding hydrogens is 358 g/mol. The molecule has 1 heterocycles. The van der Waals surface area contributed by atoms with E-state index < -0.39 is 5.25 Å². The van der Waals surface area contributed by atoms with E-state index in [0.717, 1.165) is 11.4 Å². The Morgan fingerprint density at radius 3 is 2.15 bits per heavy atom. The van der Waals surface area contributed by atoms with Crippen molar-refractivity contribution in [2.45, 2.75) is 30.7 Å². The minimum atomic E-state index is -0.430. The van der Waals surface area contributed by atoms with Crippen molar-refractivity contribution < 1.29 is 4.79 Å². The first-order chi connectivity index (χ1) is 13.1. The summed E-state index contributed by atoms with van der Waals surface area (Å²) in [5.41, 5.74) is 2.10. The summed E-state index contributed by atoms with van der Waals surface area (Å²) in [7, 11) is 0.